The summed E-state index contributed by atoms with van der Waals surface area (Å²) in [4.78, 5) is 8.05. The summed E-state index contributed by atoms with van der Waals surface area (Å²) in [5.74, 6) is 2.91. The molecule has 2 unspecified atom stereocenters. The van der Waals surface area contributed by atoms with Crippen LogP contribution in [0.1, 0.15) is 13.3 Å². The minimum absolute atomic E-state index is 0.467. The number of nitrogens with two attached hydrogens (primary N) is 1. The van der Waals surface area contributed by atoms with Gasteiger partial charge < -0.3 is 11.1 Å². The van der Waals surface area contributed by atoms with Crippen LogP contribution in [0.5, 0.6) is 0 Å². The maximum atomic E-state index is 5.49. The maximum absolute atomic E-state index is 5.49. The predicted octanol–water partition coefficient (Wildman–Crippen LogP) is 1.13. The van der Waals surface area contributed by atoms with Crippen LogP contribution in [0, 0.1) is 11.8 Å². The average molecular weight is 178 g/mol. The third kappa shape index (κ3) is 2.08. The predicted molar refractivity (Wildman–Crippen MR) is 52.2 cm³/mol. The molecule has 1 heterocycles. The van der Waals surface area contributed by atoms with Crippen molar-refractivity contribution in [1.82, 2.24) is 9.97 Å². The molecule has 1 saturated carbocycles. The van der Waals surface area contributed by atoms with Crippen molar-refractivity contribution in [2.24, 2.45) is 11.8 Å². The zero-order valence-electron chi connectivity index (χ0n) is 7.70. The van der Waals surface area contributed by atoms with E-state index in [1.165, 1.54) is 6.42 Å². The Morgan fingerprint density at radius 2 is 2.38 bits per heavy atom. The van der Waals surface area contributed by atoms with Crippen LogP contribution >= 0.6 is 0 Å². The summed E-state index contributed by atoms with van der Waals surface area (Å²) < 4.78 is 0. The summed E-state index contributed by atoms with van der Waals surface area (Å²) >= 11 is 0. The molecule has 13 heavy (non-hydrogen) atoms. The number of anilines is 2. The third-order valence-electron chi connectivity index (χ3n) is 2.47. The maximum Gasteiger partial charge on any atom is 0.146 e. The van der Waals surface area contributed by atoms with Crippen LogP contribution < -0.4 is 11.1 Å². The van der Waals surface area contributed by atoms with Crippen LogP contribution in [0.3, 0.4) is 0 Å². The summed E-state index contributed by atoms with van der Waals surface area (Å²) in [6.45, 7) is 3.25. The van der Waals surface area contributed by atoms with Crippen LogP contribution in [0.15, 0.2) is 12.4 Å². The van der Waals surface area contributed by atoms with Gasteiger partial charge >= 0.3 is 0 Å². The molecular weight excluding hydrogens is 164 g/mol. The van der Waals surface area contributed by atoms with Crippen molar-refractivity contribution >= 4 is 11.6 Å². The lowest BCUT2D eigenvalue weighted by Gasteiger charge is -2.03. The summed E-state index contributed by atoms with van der Waals surface area (Å²) in [6, 6.07) is 0. The average Bonchev–Trinajstić information content (AvgIpc) is 2.79. The molecule has 0 saturated heterocycles. The molecule has 0 amide bonds. The molecule has 0 aromatic carbocycles. The first kappa shape index (κ1) is 8.29. The van der Waals surface area contributed by atoms with Gasteiger partial charge in [-0.3, -0.25) is 4.98 Å². The number of nitrogens with one attached hydrogen (secondary N) is 1. The molecule has 2 atom stereocenters. The zero-order chi connectivity index (χ0) is 9.26. The minimum Gasteiger partial charge on any atom is -0.382 e. The van der Waals surface area contributed by atoms with E-state index in [1.54, 1.807) is 12.4 Å². The molecule has 1 aliphatic rings. The normalized spacial score (nSPS) is 25.6. The fourth-order valence-electron chi connectivity index (χ4n) is 1.39. The van der Waals surface area contributed by atoms with E-state index < -0.39 is 0 Å². The summed E-state index contributed by atoms with van der Waals surface area (Å²) in [5, 5.41) is 3.22. The summed E-state index contributed by atoms with van der Waals surface area (Å²) in [7, 11) is 0. The molecule has 3 N–H and O–H groups in total. The van der Waals surface area contributed by atoms with Crippen molar-refractivity contribution < 1.29 is 0 Å². The van der Waals surface area contributed by atoms with E-state index in [0.29, 0.717) is 5.82 Å². The second-order valence-corrected chi connectivity index (χ2v) is 3.68. The Hall–Kier alpha value is -1.32. The quantitative estimate of drug-likeness (QED) is 0.728. The van der Waals surface area contributed by atoms with Gasteiger partial charge in [-0.25, -0.2) is 4.98 Å². The molecule has 0 spiro atoms. The van der Waals surface area contributed by atoms with Gasteiger partial charge in [0, 0.05) is 6.54 Å². The van der Waals surface area contributed by atoms with Crippen LogP contribution in [0.25, 0.3) is 0 Å². The van der Waals surface area contributed by atoms with E-state index in [4.69, 9.17) is 5.73 Å². The van der Waals surface area contributed by atoms with Gasteiger partial charge in [0.2, 0.25) is 0 Å². The minimum atomic E-state index is 0.467. The van der Waals surface area contributed by atoms with Crippen molar-refractivity contribution in [3.8, 4) is 0 Å². The first-order valence-corrected chi connectivity index (χ1v) is 4.57. The molecular formula is C9H14N4. The SMILES string of the molecule is CC1CC1CNc1cncc(N)n1. The van der Waals surface area contributed by atoms with Crippen molar-refractivity contribution in [2.45, 2.75) is 13.3 Å². The smallest absolute Gasteiger partial charge is 0.146 e. The van der Waals surface area contributed by atoms with Crippen LogP contribution in [-0.4, -0.2) is 16.5 Å². The van der Waals surface area contributed by atoms with Crippen molar-refractivity contribution in [3.05, 3.63) is 12.4 Å². The van der Waals surface area contributed by atoms with Gasteiger partial charge in [0.1, 0.15) is 11.6 Å². The molecule has 4 heteroatoms. The Labute approximate surface area is 77.6 Å². The van der Waals surface area contributed by atoms with Crippen molar-refractivity contribution in [3.63, 3.8) is 0 Å². The van der Waals surface area contributed by atoms with Gasteiger partial charge in [-0.15, -0.1) is 0 Å². The lowest BCUT2D eigenvalue weighted by molar-refractivity contribution is 0.784. The van der Waals surface area contributed by atoms with Crippen molar-refractivity contribution in [2.75, 3.05) is 17.6 Å². The molecule has 2 rings (SSSR count). The van der Waals surface area contributed by atoms with Crippen LogP contribution in [-0.2, 0) is 0 Å². The van der Waals surface area contributed by atoms with Gasteiger partial charge in [-0.1, -0.05) is 6.92 Å². The zero-order valence-corrected chi connectivity index (χ0v) is 7.70. The van der Waals surface area contributed by atoms with E-state index in [-0.39, 0.29) is 0 Å². The fraction of sp³-hybridized carbons (Fsp3) is 0.556. The Bertz CT molecular complexity index is 299. The molecule has 0 aliphatic heterocycles. The van der Waals surface area contributed by atoms with Gasteiger partial charge in [-0.05, 0) is 18.3 Å². The van der Waals surface area contributed by atoms with Gasteiger partial charge in [0.05, 0.1) is 12.4 Å². The standard InChI is InChI=1S/C9H14N4/c1-6-2-7(6)3-12-9-5-11-4-8(10)13-9/h4-7H,2-3H2,1H3,(H3,10,12,13). The second-order valence-electron chi connectivity index (χ2n) is 3.68. The first-order chi connectivity index (χ1) is 6.25. The second kappa shape index (κ2) is 3.20. The topological polar surface area (TPSA) is 63.8 Å². The Balaban J connectivity index is 1.87. The van der Waals surface area contributed by atoms with Crippen LogP contribution in [0.2, 0.25) is 0 Å². The molecule has 0 radical (unpaired) electrons. The lowest BCUT2D eigenvalue weighted by atomic mass is 10.3. The fourth-order valence-corrected chi connectivity index (χ4v) is 1.39. The largest absolute Gasteiger partial charge is 0.382 e. The summed E-state index contributed by atoms with van der Waals surface area (Å²) in [5.41, 5.74) is 5.49. The Kier molecular flexibility index (Phi) is 2.04. The van der Waals surface area contributed by atoms with Gasteiger partial charge in [0.15, 0.2) is 0 Å². The molecule has 1 aliphatic carbocycles. The molecule has 1 fully saturated rings. The number of hydrogen-bond donors (Lipinski definition) is 2. The number of hydrogen-bond acceptors (Lipinski definition) is 4. The van der Waals surface area contributed by atoms with Crippen molar-refractivity contribution in [1.29, 1.82) is 0 Å². The molecule has 1 aromatic rings. The number of nitrogen functional groups attached to an aromatic ring is 1. The number of aromatic nitrogens is 2. The number of rotatable bonds is 3. The van der Waals surface area contributed by atoms with E-state index in [2.05, 4.69) is 22.2 Å². The van der Waals surface area contributed by atoms with E-state index in [0.717, 1.165) is 24.2 Å². The highest BCUT2D eigenvalue weighted by molar-refractivity contribution is 5.38. The monoisotopic (exact) mass is 178 g/mol. The highest BCUT2D eigenvalue weighted by atomic mass is 15.0. The van der Waals surface area contributed by atoms with Gasteiger partial charge in [0.25, 0.3) is 0 Å². The molecule has 0 bridgehead atoms. The highest BCUT2D eigenvalue weighted by Crippen LogP contribution is 2.37. The molecule has 4 nitrogen and oxygen atoms in total. The Morgan fingerprint density at radius 1 is 1.62 bits per heavy atom. The first-order valence-electron chi connectivity index (χ1n) is 4.57. The lowest BCUT2D eigenvalue weighted by Crippen LogP contribution is -2.07. The van der Waals surface area contributed by atoms with E-state index in [9.17, 15) is 0 Å². The molecule has 70 valence electrons. The third-order valence-corrected chi connectivity index (χ3v) is 2.47. The van der Waals surface area contributed by atoms with Crippen LogP contribution in [0.4, 0.5) is 11.6 Å². The molecule has 1 aromatic heterocycles. The van der Waals surface area contributed by atoms with E-state index in [1.807, 2.05) is 0 Å². The van der Waals surface area contributed by atoms with Gasteiger partial charge in [-0.2, -0.15) is 0 Å². The highest BCUT2D eigenvalue weighted by Gasteiger charge is 2.31. The van der Waals surface area contributed by atoms with E-state index >= 15 is 0 Å². The number of nitrogens with zero attached hydrogens (tertiary/aromatic N) is 2. The Morgan fingerprint density at radius 3 is 3.00 bits per heavy atom. The summed E-state index contributed by atoms with van der Waals surface area (Å²) in [6.07, 6.45) is 4.57.